The molecule has 124 valence electrons. The molecule has 1 aromatic rings. The number of ether oxygens (including phenoxy) is 1. The molecule has 0 unspecified atom stereocenters. The van der Waals surface area contributed by atoms with Gasteiger partial charge in [0, 0.05) is 6.04 Å². The van der Waals surface area contributed by atoms with Crippen LogP contribution in [0.2, 0.25) is 0 Å². The fourth-order valence-corrected chi connectivity index (χ4v) is 2.48. The lowest BCUT2D eigenvalue weighted by Gasteiger charge is -2.12. The first kappa shape index (κ1) is 16.8. The van der Waals surface area contributed by atoms with Crippen LogP contribution < -0.4 is 10.6 Å². The van der Waals surface area contributed by atoms with Gasteiger partial charge in [0.15, 0.2) is 6.61 Å². The van der Waals surface area contributed by atoms with E-state index in [1.165, 1.54) is 12.1 Å². The van der Waals surface area contributed by atoms with Gasteiger partial charge in [0.1, 0.15) is 11.3 Å². The van der Waals surface area contributed by atoms with Crippen molar-refractivity contribution in [1.29, 1.82) is 0 Å². The van der Waals surface area contributed by atoms with Crippen LogP contribution in [0.4, 0.5) is 4.79 Å². The summed E-state index contributed by atoms with van der Waals surface area (Å²) in [7, 11) is 0. The SMILES string of the molecule is Cc1ccc(O)c(C(=O)OCC(=O)NC(=O)NC2CCCC2)c1. The Morgan fingerprint density at radius 1 is 1.26 bits per heavy atom. The van der Waals surface area contributed by atoms with Crippen LogP contribution in [0.3, 0.4) is 0 Å². The maximum atomic E-state index is 11.8. The average Bonchev–Trinajstić information content (AvgIpc) is 3.00. The number of carbonyl (C=O) groups is 3. The molecule has 0 spiro atoms. The highest BCUT2D eigenvalue weighted by molar-refractivity contribution is 5.97. The minimum atomic E-state index is -0.822. The monoisotopic (exact) mass is 320 g/mol. The van der Waals surface area contributed by atoms with E-state index in [2.05, 4.69) is 10.6 Å². The van der Waals surface area contributed by atoms with Gasteiger partial charge in [-0.2, -0.15) is 0 Å². The zero-order valence-electron chi connectivity index (χ0n) is 12.9. The van der Waals surface area contributed by atoms with Crippen molar-refractivity contribution in [1.82, 2.24) is 10.6 Å². The summed E-state index contributed by atoms with van der Waals surface area (Å²) < 4.78 is 4.81. The van der Waals surface area contributed by atoms with Crippen LogP contribution in [0.25, 0.3) is 0 Å². The van der Waals surface area contributed by atoms with Gasteiger partial charge in [-0.1, -0.05) is 24.5 Å². The van der Waals surface area contributed by atoms with Gasteiger partial charge >= 0.3 is 12.0 Å². The van der Waals surface area contributed by atoms with Crippen molar-refractivity contribution in [3.8, 4) is 5.75 Å². The highest BCUT2D eigenvalue weighted by Crippen LogP contribution is 2.19. The second kappa shape index (κ2) is 7.62. The van der Waals surface area contributed by atoms with Crippen LogP contribution in [-0.4, -0.2) is 35.7 Å². The smallest absolute Gasteiger partial charge is 0.342 e. The Bertz CT molecular complexity index is 608. The summed E-state index contributed by atoms with van der Waals surface area (Å²) in [5, 5.41) is 14.4. The quantitative estimate of drug-likeness (QED) is 0.731. The number of nitrogens with one attached hydrogen (secondary N) is 2. The summed E-state index contributed by atoms with van der Waals surface area (Å²) in [5.41, 5.74) is 0.753. The van der Waals surface area contributed by atoms with E-state index in [0.29, 0.717) is 0 Å². The predicted molar refractivity (Wildman–Crippen MR) is 82.1 cm³/mol. The number of phenols is 1. The molecule has 7 heteroatoms. The molecule has 0 aromatic heterocycles. The second-order valence-electron chi connectivity index (χ2n) is 5.60. The van der Waals surface area contributed by atoms with E-state index in [9.17, 15) is 19.5 Å². The summed E-state index contributed by atoms with van der Waals surface area (Å²) in [6, 6.07) is 3.99. The van der Waals surface area contributed by atoms with E-state index in [1.54, 1.807) is 13.0 Å². The van der Waals surface area contributed by atoms with Crippen molar-refractivity contribution in [2.75, 3.05) is 6.61 Å². The van der Waals surface area contributed by atoms with Crippen molar-refractivity contribution in [2.24, 2.45) is 0 Å². The molecule has 7 nitrogen and oxygen atoms in total. The van der Waals surface area contributed by atoms with Crippen molar-refractivity contribution < 1.29 is 24.2 Å². The van der Waals surface area contributed by atoms with Crippen molar-refractivity contribution in [2.45, 2.75) is 38.6 Å². The number of benzene rings is 1. The third kappa shape index (κ3) is 4.98. The van der Waals surface area contributed by atoms with E-state index in [4.69, 9.17) is 4.74 Å². The Morgan fingerprint density at radius 3 is 2.65 bits per heavy atom. The molecule has 0 aliphatic heterocycles. The molecule has 0 bridgehead atoms. The van der Waals surface area contributed by atoms with Gasteiger partial charge in [0.2, 0.25) is 0 Å². The number of hydrogen-bond acceptors (Lipinski definition) is 5. The number of urea groups is 1. The molecule has 0 heterocycles. The van der Waals surface area contributed by atoms with Gasteiger partial charge in [0.05, 0.1) is 0 Å². The lowest BCUT2D eigenvalue weighted by atomic mass is 10.1. The lowest BCUT2D eigenvalue weighted by molar-refractivity contribution is -0.123. The molecule has 0 saturated heterocycles. The molecule has 1 aliphatic carbocycles. The van der Waals surface area contributed by atoms with Crippen LogP contribution >= 0.6 is 0 Å². The van der Waals surface area contributed by atoms with Crippen LogP contribution in [0, 0.1) is 6.92 Å². The standard InChI is InChI=1S/C16H20N2O5/c1-10-6-7-13(19)12(8-10)15(21)23-9-14(20)18-16(22)17-11-4-2-3-5-11/h6-8,11,19H,2-5,9H2,1H3,(H2,17,18,20,22). The van der Waals surface area contributed by atoms with Gasteiger partial charge in [-0.05, 0) is 31.9 Å². The zero-order valence-corrected chi connectivity index (χ0v) is 12.9. The molecular weight excluding hydrogens is 300 g/mol. The third-order valence-electron chi connectivity index (χ3n) is 3.65. The van der Waals surface area contributed by atoms with Gasteiger partial charge in [-0.25, -0.2) is 9.59 Å². The zero-order chi connectivity index (χ0) is 16.8. The molecular formula is C16H20N2O5. The summed E-state index contributed by atoms with van der Waals surface area (Å²) in [5.74, 6) is -1.77. The predicted octanol–water partition coefficient (Wildman–Crippen LogP) is 1.63. The number of aromatic hydroxyl groups is 1. The molecule has 1 aliphatic rings. The molecule has 0 atom stereocenters. The second-order valence-corrected chi connectivity index (χ2v) is 5.60. The molecule has 1 aromatic carbocycles. The fourth-order valence-electron chi connectivity index (χ4n) is 2.48. The first-order valence-electron chi connectivity index (χ1n) is 7.53. The summed E-state index contributed by atoms with van der Waals surface area (Å²) in [6.07, 6.45) is 3.94. The Kier molecular flexibility index (Phi) is 5.56. The van der Waals surface area contributed by atoms with Crippen molar-refractivity contribution in [3.63, 3.8) is 0 Å². The Labute approximate surface area is 134 Å². The third-order valence-corrected chi connectivity index (χ3v) is 3.65. The van der Waals surface area contributed by atoms with Gasteiger partial charge in [0.25, 0.3) is 5.91 Å². The largest absolute Gasteiger partial charge is 0.507 e. The normalized spacial score (nSPS) is 14.3. The molecule has 2 rings (SSSR count). The average molecular weight is 320 g/mol. The van der Waals surface area contributed by atoms with Crippen LogP contribution in [0.15, 0.2) is 18.2 Å². The van der Waals surface area contributed by atoms with Gasteiger partial charge in [-0.15, -0.1) is 0 Å². The highest BCUT2D eigenvalue weighted by atomic mass is 16.5. The lowest BCUT2D eigenvalue weighted by Crippen LogP contribution is -2.45. The number of amides is 3. The first-order chi connectivity index (χ1) is 11.0. The minimum absolute atomic E-state index is 0.0202. The van der Waals surface area contributed by atoms with E-state index in [-0.39, 0.29) is 17.4 Å². The maximum Gasteiger partial charge on any atom is 0.342 e. The molecule has 1 saturated carbocycles. The van der Waals surface area contributed by atoms with E-state index < -0.39 is 24.5 Å². The molecule has 3 amide bonds. The van der Waals surface area contributed by atoms with E-state index in [0.717, 1.165) is 31.2 Å². The molecule has 23 heavy (non-hydrogen) atoms. The van der Waals surface area contributed by atoms with Gasteiger partial charge in [-0.3, -0.25) is 10.1 Å². The van der Waals surface area contributed by atoms with Crippen LogP contribution in [0.5, 0.6) is 5.75 Å². The van der Waals surface area contributed by atoms with Crippen LogP contribution in [-0.2, 0) is 9.53 Å². The molecule has 3 N–H and O–H groups in total. The Morgan fingerprint density at radius 2 is 1.96 bits per heavy atom. The first-order valence-corrected chi connectivity index (χ1v) is 7.53. The van der Waals surface area contributed by atoms with Crippen LogP contribution in [0.1, 0.15) is 41.6 Å². The van der Waals surface area contributed by atoms with Gasteiger partial charge < -0.3 is 15.2 Å². The highest BCUT2D eigenvalue weighted by Gasteiger charge is 2.19. The number of esters is 1. The number of imide groups is 1. The molecule has 1 fully saturated rings. The van der Waals surface area contributed by atoms with Crippen molar-refractivity contribution >= 4 is 17.9 Å². The number of rotatable bonds is 4. The number of carbonyl (C=O) groups excluding carboxylic acids is 3. The van der Waals surface area contributed by atoms with E-state index >= 15 is 0 Å². The summed E-state index contributed by atoms with van der Waals surface area (Å²) in [6.45, 7) is 1.17. The number of aryl methyl sites for hydroxylation is 1. The Hall–Kier alpha value is -2.57. The molecule has 0 radical (unpaired) electrons. The van der Waals surface area contributed by atoms with Crippen molar-refractivity contribution in [3.05, 3.63) is 29.3 Å². The summed E-state index contributed by atoms with van der Waals surface area (Å²) >= 11 is 0. The maximum absolute atomic E-state index is 11.8. The minimum Gasteiger partial charge on any atom is -0.507 e. The number of phenolic OH excluding ortho intramolecular Hbond substituents is 1. The topological polar surface area (TPSA) is 105 Å². The fraction of sp³-hybridized carbons (Fsp3) is 0.438. The number of hydrogen-bond donors (Lipinski definition) is 3. The summed E-state index contributed by atoms with van der Waals surface area (Å²) in [4.78, 5) is 35.0. The Balaban J connectivity index is 1.78. The van der Waals surface area contributed by atoms with E-state index in [1.807, 2.05) is 0 Å².